The molecule has 0 aromatic heterocycles. The monoisotopic (exact) mass is 348 g/mol. The van der Waals surface area contributed by atoms with Crippen molar-refractivity contribution in [3.63, 3.8) is 0 Å². The minimum absolute atomic E-state index is 0.413. The number of aliphatic hydroxyl groups is 1. The van der Waals surface area contributed by atoms with Gasteiger partial charge in [-0.05, 0) is 56.0 Å². The highest BCUT2D eigenvalue weighted by molar-refractivity contribution is 5.48. The van der Waals surface area contributed by atoms with E-state index in [2.05, 4.69) is 0 Å². The fraction of sp³-hybridized carbons (Fsp3) is 0.700. The maximum absolute atomic E-state index is 12.1. The van der Waals surface area contributed by atoms with Gasteiger partial charge in [0.25, 0.3) is 0 Å². The van der Waals surface area contributed by atoms with Crippen molar-refractivity contribution >= 4 is 0 Å². The largest absolute Gasteiger partial charge is 0.497 e. The number of ether oxygens (including phenoxy) is 3. The van der Waals surface area contributed by atoms with Crippen LogP contribution in [0, 0.1) is 0 Å². The average Bonchev–Trinajstić information content (AvgIpc) is 3.09. The summed E-state index contributed by atoms with van der Waals surface area (Å²) in [5, 5.41) is 12.1. The van der Waals surface area contributed by atoms with Gasteiger partial charge in [-0.3, -0.25) is 0 Å². The van der Waals surface area contributed by atoms with Crippen molar-refractivity contribution in [2.45, 2.75) is 54.9 Å². The van der Waals surface area contributed by atoms with Crippen LogP contribution in [-0.2, 0) is 21.3 Å². The molecule has 2 saturated heterocycles. The zero-order valence-corrected chi connectivity index (χ0v) is 14.6. The fourth-order valence-electron chi connectivity index (χ4n) is 5.84. The highest BCUT2D eigenvalue weighted by atomic mass is 16.7. The Morgan fingerprint density at radius 3 is 2.88 bits per heavy atom. The first kappa shape index (κ1) is 13.1. The van der Waals surface area contributed by atoms with E-state index in [1.54, 1.807) is 7.11 Å². The van der Waals surface area contributed by atoms with E-state index in [4.69, 9.17) is 18.3 Å². The Balaban J connectivity index is 1.69. The maximum Gasteiger partial charge on any atom is 0.169 e. The summed E-state index contributed by atoms with van der Waals surface area (Å²) in [6, 6.07) is 5.50. The molecule has 5 rings (SSSR count). The second-order valence-electron chi connectivity index (χ2n) is 7.98. The molecular weight excluding hydrogens is 318 g/mol. The second-order valence-corrected chi connectivity index (χ2v) is 7.98. The van der Waals surface area contributed by atoms with Crippen LogP contribution in [0.2, 0.25) is 0 Å². The zero-order valence-electron chi connectivity index (χ0n) is 17.6. The quantitative estimate of drug-likeness (QED) is 0.839. The molecule has 3 unspecified atom stereocenters. The van der Waals surface area contributed by atoms with Crippen LogP contribution in [0.4, 0.5) is 0 Å². The number of benzene rings is 1. The Hall–Kier alpha value is -1.14. The Morgan fingerprint density at radius 1 is 1.28 bits per heavy atom. The molecule has 0 radical (unpaired) electrons. The summed E-state index contributed by atoms with van der Waals surface area (Å²) in [6.45, 7) is -0.698. The van der Waals surface area contributed by atoms with Gasteiger partial charge in [-0.15, -0.1) is 0 Å². The van der Waals surface area contributed by atoms with Crippen LogP contribution in [-0.4, -0.2) is 61.3 Å². The van der Waals surface area contributed by atoms with Crippen LogP contribution in [0.15, 0.2) is 18.2 Å². The van der Waals surface area contributed by atoms with E-state index in [1.165, 1.54) is 4.90 Å². The first-order chi connectivity index (χ1) is 13.2. The number of piperidine rings is 1. The molecule has 2 bridgehead atoms. The molecule has 4 aliphatic rings. The molecule has 1 spiro atoms. The van der Waals surface area contributed by atoms with Crippen LogP contribution in [0.1, 0.15) is 40.9 Å². The van der Waals surface area contributed by atoms with Gasteiger partial charge in [-0.25, -0.2) is 0 Å². The minimum atomic E-state index is -2.23. The molecule has 5 heteroatoms. The van der Waals surface area contributed by atoms with Crippen molar-refractivity contribution in [1.82, 2.24) is 4.90 Å². The third-order valence-corrected chi connectivity index (χ3v) is 7.05. The standard InChI is InChI=1S/C20H27NO4/c1-21-8-7-18-13-19(24-9-10-25-19)5-6-20(18,22)17(21)11-14-3-4-15(23-2)12-16(14)18/h3-4,12,17,22H,5-11,13H2,1-2H3/i1D3. The van der Waals surface area contributed by atoms with Gasteiger partial charge in [0.15, 0.2) is 5.79 Å². The van der Waals surface area contributed by atoms with Gasteiger partial charge in [0, 0.05) is 28.4 Å². The van der Waals surface area contributed by atoms with Gasteiger partial charge in [-0.2, -0.15) is 0 Å². The summed E-state index contributed by atoms with van der Waals surface area (Å²) >= 11 is 0. The van der Waals surface area contributed by atoms with Gasteiger partial charge < -0.3 is 24.2 Å². The highest BCUT2D eigenvalue weighted by Gasteiger charge is 2.67. The molecule has 0 amide bonds. The lowest BCUT2D eigenvalue weighted by molar-refractivity contribution is -0.257. The normalized spacial score (nSPS) is 41.4. The third-order valence-electron chi connectivity index (χ3n) is 7.05. The maximum atomic E-state index is 12.1. The van der Waals surface area contributed by atoms with Gasteiger partial charge in [-0.1, -0.05) is 6.07 Å². The van der Waals surface area contributed by atoms with Gasteiger partial charge >= 0.3 is 0 Å². The molecule has 1 N–H and O–H groups in total. The molecule has 1 aromatic carbocycles. The smallest absolute Gasteiger partial charge is 0.169 e. The third kappa shape index (κ3) is 1.98. The van der Waals surface area contributed by atoms with Crippen LogP contribution < -0.4 is 4.74 Å². The second kappa shape index (κ2) is 5.19. The van der Waals surface area contributed by atoms with Crippen molar-refractivity contribution in [1.29, 1.82) is 0 Å². The number of likely N-dealkylation sites (tertiary alicyclic amines) is 1. The predicted molar refractivity (Wildman–Crippen MR) is 92.8 cm³/mol. The first-order valence-corrected chi connectivity index (χ1v) is 9.18. The van der Waals surface area contributed by atoms with E-state index in [1.807, 2.05) is 18.2 Å². The van der Waals surface area contributed by atoms with Crippen molar-refractivity contribution < 1.29 is 23.4 Å². The molecule has 2 aliphatic heterocycles. The summed E-state index contributed by atoms with van der Waals surface area (Å²) in [4.78, 5) is 1.53. The number of fused-ring (bicyclic) bond motifs is 1. The lowest BCUT2D eigenvalue weighted by Gasteiger charge is -2.65. The van der Waals surface area contributed by atoms with E-state index in [0.29, 0.717) is 51.9 Å². The van der Waals surface area contributed by atoms with Crippen LogP contribution in [0.5, 0.6) is 5.75 Å². The molecule has 5 nitrogen and oxygen atoms in total. The molecule has 1 saturated carbocycles. The number of nitrogens with zero attached hydrogens (tertiary/aromatic N) is 1. The van der Waals surface area contributed by atoms with Crippen molar-refractivity contribution in [3.05, 3.63) is 29.3 Å². The number of rotatable bonds is 1. The van der Waals surface area contributed by atoms with Gasteiger partial charge in [0.1, 0.15) is 5.75 Å². The van der Waals surface area contributed by atoms with Crippen molar-refractivity contribution in [2.24, 2.45) is 0 Å². The Morgan fingerprint density at radius 2 is 2.12 bits per heavy atom. The lowest BCUT2D eigenvalue weighted by Crippen LogP contribution is -2.74. The molecule has 1 aromatic rings. The van der Waals surface area contributed by atoms with E-state index >= 15 is 0 Å². The van der Waals surface area contributed by atoms with Crippen LogP contribution in [0.3, 0.4) is 0 Å². The van der Waals surface area contributed by atoms with Crippen molar-refractivity contribution in [2.75, 3.05) is 33.8 Å². The van der Waals surface area contributed by atoms with Crippen molar-refractivity contribution in [3.8, 4) is 5.75 Å². The fourth-order valence-corrected chi connectivity index (χ4v) is 5.84. The van der Waals surface area contributed by atoms with Crippen LogP contribution >= 0.6 is 0 Å². The molecule has 3 fully saturated rings. The summed E-state index contributed by atoms with van der Waals surface area (Å²) in [5.74, 6) is 0.0661. The van der Waals surface area contributed by atoms with Gasteiger partial charge in [0.05, 0.1) is 25.9 Å². The lowest BCUT2D eigenvalue weighted by atomic mass is 9.48. The predicted octanol–water partition coefficient (Wildman–Crippen LogP) is 1.85. The molecule has 3 atom stereocenters. The Labute approximate surface area is 153 Å². The number of hydrogen-bond donors (Lipinski definition) is 1. The number of likely N-dealkylation sites (N-methyl/N-ethyl adjacent to an activating group) is 1. The summed E-state index contributed by atoms with van der Waals surface area (Å²) < 4.78 is 41.6. The topological polar surface area (TPSA) is 51.2 Å². The van der Waals surface area contributed by atoms with E-state index in [0.717, 1.165) is 16.9 Å². The average molecular weight is 348 g/mol. The minimum Gasteiger partial charge on any atom is -0.497 e. The molecule has 2 aliphatic carbocycles. The summed E-state index contributed by atoms with van der Waals surface area (Å²) in [5.41, 5.74) is 0.400. The van der Waals surface area contributed by atoms with E-state index in [9.17, 15) is 5.11 Å². The molecular formula is C20H27NO4. The summed E-state index contributed by atoms with van der Waals surface area (Å²) in [7, 11) is 1.64. The Kier molecular flexibility index (Phi) is 2.72. The van der Waals surface area contributed by atoms with E-state index < -0.39 is 29.8 Å². The number of methoxy groups -OCH3 is 1. The molecule has 136 valence electrons. The highest BCUT2D eigenvalue weighted by Crippen LogP contribution is 2.61. The van der Waals surface area contributed by atoms with Crippen LogP contribution in [0.25, 0.3) is 0 Å². The van der Waals surface area contributed by atoms with Gasteiger partial charge in [0.2, 0.25) is 0 Å². The molecule has 25 heavy (non-hydrogen) atoms. The zero-order chi connectivity index (χ0) is 19.8. The summed E-state index contributed by atoms with van der Waals surface area (Å²) in [6.07, 6.45) is 2.65. The SMILES string of the molecule is [2H]C([2H])([2H])N1CCC23CC4(CCC2(O)C1Cc1ccc(OC)cc13)OCCO4. The van der Waals surface area contributed by atoms with E-state index in [-0.39, 0.29) is 0 Å². The molecule has 2 heterocycles. The Bertz CT molecular complexity index is 794. The first-order valence-electron chi connectivity index (χ1n) is 10.7. The number of hydrogen-bond acceptors (Lipinski definition) is 5.